The van der Waals surface area contributed by atoms with Crippen LogP contribution in [0, 0.1) is 5.82 Å². The molecule has 1 unspecified atom stereocenters. The number of aromatic nitrogens is 1. The van der Waals surface area contributed by atoms with Crippen LogP contribution in [0.25, 0.3) is 10.9 Å². The van der Waals surface area contributed by atoms with E-state index in [-0.39, 0.29) is 10.7 Å². The van der Waals surface area contributed by atoms with E-state index >= 15 is 0 Å². The lowest BCUT2D eigenvalue weighted by molar-refractivity contribution is 0.347. The molecule has 3 heterocycles. The number of rotatable bonds is 3. The zero-order chi connectivity index (χ0) is 20.0. The zero-order valence-electron chi connectivity index (χ0n) is 15.3. The summed E-state index contributed by atoms with van der Waals surface area (Å²) in [5, 5.41) is 2.76. The average molecular weight is 425 g/mol. The molecule has 146 valence electrons. The normalized spacial score (nSPS) is 17.3. The number of nitrogens with zero attached hydrogens (tertiary/aromatic N) is 2. The highest BCUT2D eigenvalue weighted by atomic mass is 32.2. The smallest absolute Gasteiger partial charge is 0.246 e. The second kappa shape index (κ2) is 7.02. The van der Waals surface area contributed by atoms with Gasteiger partial charge in [-0.1, -0.05) is 30.3 Å². The van der Waals surface area contributed by atoms with Gasteiger partial charge in [0, 0.05) is 23.0 Å². The molecule has 0 aliphatic carbocycles. The van der Waals surface area contributed by atoms with E-state index in [9.17, 15) is 12.8 Å². The SMILES string of the molecule is O=S(=O)(c1cccc2cccnc12)N1CCc2sccc2C1c1ccc(F)cc1. The van der Waals surface area contributed by atoms with Crippen molar-refractivity contribution in [3.8, 4) is 0 Å². The third-order valence-corrected chi connectivity index (χ3v) is 8.18. The molecule has 1 aliphatic heterocycles. The van der Waals surface area contributed by atoms with Gasteiger partial charge in [0.2, 0.25) is 10.0 Å². The Hall–Kier alpha value is -2.61. The first-order valence-corrected chi connectivity index (χ1v) is 11.5. The molecule has 4 nitrogen and oxygen atoms in total. The third kappa shape index (κ3) is 3.06. The minimum absolute atomic E-state index is 0.196. The molecule has 0 N–H and O–H groups in total. The van der Waals surface area contributed by atoms with Crippen molar-refractivity contribution in [2.45, 2.75) is 17.4 Å². The third-order valence-electron chi connectivity index (χ3n) is 5.29. The Kier molecular flexibility index (Phi) is 4.46. The summed E-state index contributed by atoms with van der Waals surface area (Å²) in [6.07, 6.45) is 2.26. The Morgan fingerprint density at radius 1 is 1.03 bits per heavy atom. The molecule has 7 heteroatoms. The summed E-state index contributed by atoms with van der Waals surface area (Å²) >= 11 is 1.63. The summed E-state index contributed by atoms with van der Waals surface area (Å²) in [7, 11) is -3.83. The number of fused-ring (bicyclic) bond motifs is 2. The molecule has 4 aromatic rings. The summed E-state index contributed by atoms with van der Waals surface area (Å²) in [5.41, 5.74) is 2.18. The van der Waals surface area contributed by atoms with Gasteiger partial charge in [-0.15, -0.1) is 11.3 Å². The van der Waals surface area contributed by atoms with Gasteiger partial charge in [0.1, 0.15) is 10.7 Å². The average Bonchev–Trinajstić information content (AvgIpc) is 3.22. The van der Waals surface area contributed by atoms with Crippen LogP contribution in [-0.2, 0) is 16.4 Å². The number of benzene rings is 2. The van der Waals surface area contributed by atoms with Crippen molar-refractivity contribution in [3.05, 3.63) is 94.1 Å². The Labute approximate surface area is 172 Å². The van der Waals surface area contributed by atoms with Crippen LogP contribution in [0.4, 0.5) is 4.39 Å². The van der Waals surface area contributed by atoms with Gasteiger partial charge in [-0.05, 0) is 53.3 Å². The van der Waals surface area contributed by atoms with Gasteiger partial charge >= 0.3 is 0 Å². The Morgan fingerprint density at radius 3 is 2.66 bits per heavy atom. The maximum atomic E-state index is 13.8. The standard InChI is InChI=1S/C22H17FN2O2S2/c23-17-8-6-16(7-9-17)22-18-11-14-28-19(18)10-13-25(22)29(26,27)20-5-1-3-15-4-2-12-24-21(15)20/h1-9,11-12,14,22H,10,13H2. The van der Waals surface area contributed by atoms with Crippen molar-refractivity contribution >= 4 is 32.3 Å². The lowest BCUT2D eigenvalue weighted by Gasteiger charge is -2.35. The molecule has 2 aromatic carbocycles. The molecule has 0 spiro atoms. The van der Waals surface area contributed by atoms with Crippen LogP contribution in [0.1, 0.15) is 22.0 Å². The molecular formula is C22H17FN2O2S2. The quantitative estimate of drug-likeness (QED) is 0.476. The highest BCUT2D eigenvalue weighted by Gasteiger charge is 2.38. The minimum Gasteiger partial charge on any atom is -0.255 e. The topological polar surface area (TPSA) is 50.3 Å². The lowest BCUT2D eigenvalue weighted by Crippen LogP contribution is -2.40. The van der Waals surface area contributed by atoms with E-state index in [2.05, 4.69) is 4.98 Å². The predicted octanol–water partition coefficient (Wildman–Crippen LogP) is 4.77. The highest BCUT2D eigenvalue weighted by molar-refractivity contribution is 7.89. The van der Waals surface area contributed by atoms with Gasteiger partial charge < -0.3 is 0 Å². The Morgan fingerprint density at radius 2 is 1.83 bits per heavy atom. The summed E-state index contributed by atoms with van der Waals surface area (Å²) in [6, 6.07) is 16.4. The van der Waals surface area contributed by atoms with Gasteiger partial charge in [0.25, 0.3) is 0 Å². The van der Waals surface area contributed by atoms with E-state index in [0.29, 0.717) is 18.5 Å². The predicted molar refractivity (Wildman–Crippen MR) is 112 cm³/mol. The van der Waals surface area contributed by atoms with E-state index < -0.39 is 16.1 Å². The molecule has 0 amide bonds. The molecule has 29 heavy (non-hydrogen) atoms. The largest absolute Gasteiger partial charge is 0.255 e. The molecule has 0 saturated heterocycles. The van der Waals surface area contributed by atoms with Crippen LogP contribution in [0.2, 0.25) is 0 Å². The lowest BCUT2D eigenvalue weighted by atomic mass is 9.95. The van der Waals surface area contributed by atoms with E-state index in [1.807, 2.05) is 23.6 Å². The highest BCUT2D eigenvalue weighted by Crippen LogP contribution is 2.41. The second-order valence-corrected chi connectivity index (χ2v) is 9.81. The van der Waals surface area contributed by atoms with Crippen LogP contribution in [0.5, 0.6) is 0 Å². The van der Waals surface area contributed by atoms with Gasteiger partial charge in [-0.2, -0.15) is 4.31 Å². The van der Waals surface area contributed by atoms with Crippen molar-refractivity contribution in [1.29, 1.82) is 0 Å². The molecule has 0 saturated carbocycles. The number of para-hydroxylation sites is 1. The molecule has 0 fully saturated rings. The van der Waals surface area contributed by atoms with Crippen molar-refractivity contribution in [2.75, 3.05) is 6.54 Å². The van der Waals surface area contributed by atoms with Crippen molar-refractivity contribution in [1.82, 2.24) is 9.29 Å². The fraction of sp³-hybridized carbons (Fsp3) is 0.136. The molecular weight excluding hydrogens is 407 g/mol. The molecule has 0 radical (unpaired) electrons. The molecule has 1 aliphatic rings. The fourth-order valence-corrected chi connectivity index (χ4v) is 6.62. The summed E-state index contributed by atoms with van der Waals surface area (Å²) in [6.45, 7) is 0.362. The van der Waals surface area contributed by atoms with E-state index in [0.717, 1.165) is 16.5 Å². The van der Waals surface area contributed by atoms with Gasteiger partial charge in [0.15, 0.2) is 0 Å². The van der Waals surface area contributed by atoms with Gasteiger partial charge in [0.05, 0.1) is 11.6 Å². The van der Waals surface area contributed by atoms with Crippen LogP contribution in [-0.4, -0.2) is 24.3 Å². The first-order chi connectivity index (χ1) is 14.1. The second-order valence-electron chi connectivity index (χ2n) is 6.95. The van der Waals surface area contributed by atoms with Crippen LogP contribution in [0.15, 0.2) is 77.1 Å². The van der Waals surface area contributed by atoms with Crippen LogP contribution < -0.4 is 0 Å². The van der Waals surface area contributed by atoms with Crippen LogP contribution in [0.3, 0.4) is 0 Å². The van der Waals surface area contributed by atoms with Gasteiger partial charge in [-0.25, -0.2) is 12.8 Å². The monoisotopic (exact) mass is 424 g/mol. The number of thiophene rings is 1. The molecule has 2 aromatic heterocycles. The summed E-state index contributed by atoms with van der Waals surface area (Å²) < 4.78 is 42.6. The summed E-state index contributed by atoms with van der Waals surface area (Å²) in [4.78, 5) is 5.70. The maximum absolute atomic E-state index is 13.8. The summed E-state index contributed by atoms with van der Waals surface area (Å²) in [5.74, 6) is -0.345. The Balaban J connectivity index is 1.69. The number of pyridine rings is 1. The minimum atomic E-state index is -3.83. The molecule has 0 bridgehead atoms. The van der Waals surface area contributed by atoms with Crippen LogP contribution >= 0.6 is 11.3 Å². The number of hydrogen-bond acceptors (Lipinski definition) is 4. The van der Waals surface area contributed by atoms with Crippen molar-refractivity contribution < 1.29 is 12.8 Å². The van der Waals surface area contributed by atoms with Gasteiger partial charge in [-0.3, -0.25) is 4.98 Å². The number of sulfonamides is 1. The molecule has 1 atom stereocenters. The molecule has 5 rings (SSSR count). The van der Waals surface area contributed by atoms with E-state index in [4.69, 9.17) is 0 Å². The fourth-order valence-electron chi connectivity index (χ4n) is 3.95. The van der Waals surface area contributed by atoms with Crippen molar-refractivity contribution in [2.24, 2.45) is 0 Å². The zero-order valence-corrected chi connectivity index (χ0v) is 17.0. The Bertz CT molecular complexity index is 1290. The van der Waals surface area contributed by atoms with E-state index in [1.54, 1.807) is 47.9 Å². The first kappa shape index (κ1) is 18.4. The van der Waals surface area contributed by atoms with Crippen molar-refractivity contribution in [3.63, 3.8) is 0 Å². The first-order valence-electron chi connectivity index (χ1n) is 9.23. The number of halogens is 1. The van der Waals surface area contributed by atoms with E-state index in [1.165, 1.54) is 21.3 Å². The number of hydrogen-bond donors (Lipinski definition) is 0. The maximum Gasteiger partial charge on any atom is 0.246 e.